The smallest absolute Gasteiger partial charge is 0.255 e. The summed E-state index contributed by atoms with van der Waals surface area (Å²) in [6.07, 6.45) is 11.6. The molecule has 6 nitrogen and oxygen atoms in total. The van der Waals surface area contributed by atoms with Crippen molar-refractivity contribution in [2.24, 2.45) is 0 Å². The largest absolute Gasteiger partial charge is 0.493 e. The van der Waals surface area contributed by atoms with E-state index in [1.807, 2.05) is 42.6 Å². The van der Waals surface area contributed by atoms with Crippen LogP contribution in [0.25, 0.3) is 5.57 Å². The molecule has 3 heterocycles. The first-order valence-corrected chi connectivity index (χ1v) is 10.1. The summed E-state index contributed by atoms with van der Waals surface area (Å²) in [5, 5.41) is 3.38. The Morgan fingerprint density at radius 3 is 2.53 bits per heavy atom. The molecule has 30 heavy (non-hydrogen) atoms. The van der Waals surface area contributed by atoms with Gasteiger partial charge in [-0.3, -0.25) is 9.69 Å². The molecule has 0 aromatic heterocycles. The topological polar surface area (TPSA) is 54.0 Å². The number of carbonyl (C=O) groups is 1. The van der Waals surface area contributed by atoms with E-state index in [1.165, 1.54) is 5.57 Å². The molecule has 0 spiro atoms. The lowest BCUT2D eigenvalue weighted by atomic mass is 10.0. The van der Waals surface area contributed by atoms with Crippen LogP contribution in [0.3, 0.4) is 0 Å². The van der Waals surface area contributed by atoms with Gasteiger partial charge in [-0.15, -0.1) is 0 Å². The molecule has 4 rings (SSSR count). The number of allylic oxidation sites excluding steroid dienone is 6. The SMILES string of the molecule is COc1ccc(C2=CC(=O)N3C=C(N4CCNCC4)C(C)=C/C3=C\C=C2)cc1OC. The number of nitrogens with zero attached hydrogens (tertiary/aromatic N) is 2. The number of hydrogen-bond donors (Lipinski definition) is 1. The Balaban J connectivity index is 1.68. The second kappa shape index (κ2) is 8.63. The molecule has 156 valence electrons. The molecule has 1 fully saturated rings. The zero-order valence-electron chi connectivity index (χ0n) is 17.6. The van der Waals surface area contributed by atoms with Crippen molar-refractivity contribution >= 4 is 11.5 Å². The van der Waals surface area contributed by atoms with Crippen LogP contribution >= 0.6 is 0 Å². The van der Waals surface area contributed by atoms with Crippen molar-refractivity contribution in [1.82, 2.24) is 15.1 Å². The monoisotopic (exact) mass is 405 g/mol. The first kappa shape index (κ1) is 20.0. The van der Waals surface area contributed by atoms with Crippen molar-refractivity contribution in [1.29, 1.82) is 0 Å². The Kier molecular flexibility index (Phi) is 5.77. The minimum Gasteiger partial charge on any atom is -0.493 e. The molecule has 3 aliphatic heterocycles. The quantitative estimate of drug-likeness (QED) is 0.834. The Morgan fingerprint density at radius 1 is 1.03 bits per heavy atom. The number of fused-ring (bicyclic) bond motifs is 1. The summed E-state index contributed by atoms with van der Waals surface area (Å²) < 4.78 is 10.7. The highest BCUT2D eigenvalue weighted by Gasteiger charge is 2.24. The van der Waals surface area contributed by atoms with E-state index in [0.29, 0.717) is 11.5 Å². The molecule has 6 heteroatoms. The molecule has 1 amide bonds. The predicted molar refractivity (Wildman–Crippen MR) is 118 cm³/mol. The summed E-state index contributed by atoms with van der Waals surface area (Å²) in [7, 11) is 3.21. The number of ether oxygens (including phenoxy) is 2. The number of benzene rings is 1. The lowest BCUT2D eigenvalue weighted by Crippen LogP contribution is -2.44. The average molecular weight is 405 g/mol. The van der Waals surface area contributed by atoms with Gasteiger partial charge in [-0.05, 0) is 47.9 Å². The first-order valence-electron chi connectivity index (χ1n) is 10.1. The van der Waals surface area contributed by atoms with Crippen molar-refractivity contribution in [2.45, 2.75) is 6.92 Å². The predicted octanol–water partition coefficient (Wildman–Crippen LogP) is 3.08. The summed E-state index contributed by atoms with van der Waals surface area (Å²) in [5.41, 5.74) is 4.86. The molecule has 0 saturated carbocycles. The number of nitrogens with one attached hydrogen (secondary N) is 1. The molecule has 0 bridgehead atoms. The Bertz CT molecular complexity index is 995. The van der Waals surface area contributed by atoms with Crippen LogP contribution in [0.1, 0.15) is 12.5 Å². The van der Waals surface area contributed by atoms with Gasteiger partial charge >= 0.3 is 0 Å². The van der Waals surface area contributed by atoms with E-state index in [1.54, 1.807) is 25.2 Å². The average Bonchev–Trinajstić information content (AvgIpc) is 2.77. The van der Waals surface area contributed by atoms with Crippen LogP contribution in [0, 0.1) is 0 Å². The van der Waals surface area contributed by atoms with Gasteiger partial charge < -0.3 is 19.7 Å². The molecule has 1 aromatic carbocycles. The van der Waals surface area contributed by atoms with Gasteiger partial charge in [0.1, 0.15) is 0 Å². The van der Waals surface area contributed by atoms with Crippen LogP contribution in [-0.4, -0.2) is 56.1 Å². The lowest BCUT2D eigenvalue weighted by molar-refractivity contribution is -0.122. The molecule has 1 saturated heterocycles. The molecule has 1 aromatic rings. The fourth-order valence-electron chi connectivity index (χ4n) is 3.92. The highest BCUT2D eigenvalue weighted by molar-refractivity contribution is 6.00. The van der Waals surface area contributed by atoms with Crippen molar-refractivity contribution < 1.29 is 14.3 Å². The van der Waals surface area contributed by atoms with Crippen molar-refractivity contribution in [3.05, 3.63) is 77.3 Å². The highest BCUT2D eigenvalue weighted by atomic mass is 16.5. The minimum atomic E-state index is -0.0771. The highest BCUT2D eigenvalue weighted by Crippen LogP contribution is 2.32. The maximum Gasteiger partial charge on any atom is 0.255 e. The van der Waals surface area contributed by atoms with Gasteiger partial charge in [-0.1, -0.05) is 18.2 Å². The summed E-state index contributed by atoms with van der Waals surface area (Å²) in [5.74, 6) is 1.21. The first-order chi connectivity index (χ1) is 14.6. The van der Waals surface area contributed by atoms with Crippen LogP contribution in [0.2, 0.25) is 0 Å². The molecule has 3 aliphatic rings. The van der Waals surface area contributed by atoms with Gasteiger partial charge in [-0.25, -0.2) is 0 Å². The van der Waals surface area contributed by atoms with E-state index < -0.39 is 0 Å². The molecule has 0 aliphatic carbocycles. The van der Waals surface area contributed by atoms with Gasteiger partial charge in [0.25, 0.3) is 5.91 Å². The van der Waals surface area contributed by atoms with Crippen LogP contribution in [0.5, 0.6) is 11.5 Å². The molecule has 0 radical (unpaired) electrons. The second-order valence-electron chi connectivity index (χ2n) is 7.41. The van der Waals surface area contributed by atoms with Gasteiger partial charge in [0, 0.05) is 44.2 Å². The molecule has 0 unspecified atom stereocenters. The lowest BCUT2D eigenvalue weighted by Gasteiger charge is -2.36. The Labute approximate surface area is 177 Å². The summed E-state index contributed by atoms with van der Waals surface area (Å²) in [6, 6.07) is 5.67. The van der Waals surface area contributed by atoms with Crippen LogP contribution < -0.4 is 14.8 Å². The van der Waals surface area contributed by atoms with Gasteiger partial charge in [0.2, 0.25) is 0 Å². The van der Waals surface area contributed by atoms with Crippen molar-refractivity contribution in [2.75, 3.05) is 40.4 Å². The summed E-state index contributed by atoms with van der Waals surface area (Å²) in [6.45, 7) is 5.88. The van der Waals surface area contributed by atoms with Crippen molar-refractivity contribution in [3.8, 4) is 11.5 Å². The van der Waals surface area contributed by atoms with E-state index in [2.05, 4.69) is 23.2 Å². The molecular weight excluding hydrogens is 378 g/mol. The Hall–Kier alpha value is -3.25. The zero-order valence-corrected chi connectivity index (χ0v) is 17.6. The van der Waals surface area contributed by atoms with Crippen molar-refractivity contribution in [3.63, 3.8) is 0 Å². The number of hydrogen-bond acceptors (Lipinski definition) is 5. The van der Waals surface area contributed by atoms with E-state index in [-0.39, 0.29) is 5.91 Å². The number of amides is 1. The van der Waals surface area contributed by atoms with Gasteiger partial charge in [0.05, 0.1) is 19.9 Å². The van der Waals surface area contributed by atoms with E-state index >= 15 is 0 Å². The minimum absolute atomic E-state index is 0.0771. The summed E-state index contributed by atoms with van der Waals surface area (Å²) >= 11 is 0. The van der Waals surface area contributed by atoms with E-state index in [4.69, 9.17) is 9.47 Å². The molecular formula is C24H27N3O3. The maximum atomic E-state index is 13.2. The standard InChI is InChI=1S/C24H27N3O3/c1-17-13-20-6-4-5-18(19-7-8-22(29-2)23(14-19)30-3)15-24(28)27(20)16-21(17)26-11-9-25-10-12-26/h4-8,13-16,25H,9-12H2,1-3H3/b5-4?,18-15?,20-6+. The second-order valence-corrected chi connectivity index (χ2v) is 7.41. The Morgan fingerprint density at radius 2 is 1.80 bits per heavy atom. The normalized spacial score (nSPS) is 20.8. The summed E-state index contributed by atoms with van der Waals surface area (Å²) in [4.78, 5) is 17.3. The third-order valence-electron chi connectivity index (χ3n) is 5.53. The fourth-order valence-corrected chi connectivity index (χ4v) is 3.92. The van der Waals surface area contributed by atoms with Crippen LogP contribution in [0.4, 0.5) is 0 Å². The third-order valence-corrected chi connectivity index (χ3v) is 5.53. The number of methoxy groups -OCH3 is 2. The van der Waals surface area contributed by atoms with E-state index in [0.717, 1.165) is 48.7 Å². The maximum absolute atomic E-state index is 13.2. The fraction of sp³-hybridized carbons (Fsp3) is 0.292. The van der Waals surface area contributed by atoms with Crippen LogP contribution in [0.15, 0.2) is 71.7 Å². The van der Waals surface area contributed by atoms with Gasteiger partial charge in [-0.2, -0.15) is 0 Å². The van der Waals surface area contributed by atoms with E-state index in [9.17, 15) is 4.79 Å². The molecule has 0 atom stereocenters. The molecule has 1 N–H and O–H groups in total. The number of carbonyl (C=O) groups excluding carboxylic acids is 1. The number of piperazine rings is 1. The number of rotatable bonds is 4. The third kappa shape index (κ3) is 3.91. The van der Waals surface area contributed by atoms with Gasteiger partial charge in [0.15, 0.2) is 11.5 Å². The zero-order chi connectivity index (χ0) is 21.1. The van der Waals surface area contributed by atoms with Crippen LogP contribution in [-0.2, 0) is 4.79 Å².